The lowest BCUT2D eigenvalue weighted by molar-refractivity contribution is -0.121. The van der Waals surface area contributed by atoms with Crippen LogP contribution in [0.5, 0.6) is 5.75 Å². The van der Waals surface area contributed by atoms with E-state index in [4.69, 9.17) is 10.5 Å². The van der Waals surface area contributed by atoms with Crippen molar-refractivity contribution < 1.29 is 27.5 Å². The van der Waals surface area contributed by atoms with Crippen molar-refractivity contribution in [3.05, 3.63) is 53.6 Å². The number of ether oxygens (including phenoxy) is 1. The second kappa shape index (κ2) is 12.4. The van der Waals surface area contributed by atoms with E-state index in [0.717, 1.165) is 32.0 Å². The van der Waals surface area contributed by atoms with E-state index in [9.17, 15) is 22.8 Å². The highest BCUT2D eigenvalue weighted by atomic mass is 19.1. The molecular weight excluding hydrogens is 507 g/mol. The normalized spacial score (nSPS) is 18.9. The van der Waals surface area contributed by atoms with Gasteiger partial charge in [0, 0.05) is 24.2 Å². The van der Waals surface area contributed by atoms with E-state index in [1.807, 2.05) is 13.8 Å². The van der Waals surface area contributed by atoms with Crippen molar-refractivity contribution in [3.8, 4) is 16.9 Å². The van der Waals surface area contributed by atoms with Gasteiger partial charge in [-0.3, -0.25) is 9.59 Å². The third kappa shape index (κ3) is 6.75. The predicted molar refractivity (Wildman–Crippen MR) is 144 cm³/mol. The fourth-order valence-electron chi connectivity index (χ4n) is 5.53. The van der Waals surface area contributed by atoms with E-state index >= 15 is 0 Å². The number of hydrogen-bond acceptors (Lipinski definition) is 4. The maximum Gasteiger partial charge on any atom is 0.254 e. The number of nitrogens with zero attached hydrogens (tertiary/aromatic N) is 2. The number of alkyl halides is 1. The van der Waals surface area contributed by atoms with Gasteiger partial charge in [0.2, 0.25) is 5.91 Å². The van der Waals surface area contributed by atoms with Crippen molar-refractivity contribution in [2.75, 3.05) is 32.8 Å². The zero-order valence-electron chi connectivity index (χ0n) is 22.7. The summed E-state index contributed by atoms with van der Waals surface area (Å²) in [5.74, 6) is -1.95. The molecule has 0 bridgehead atoms. The lowest BCUT2D eigenvalue weighted by Crippen LogP contribution is -2.44. The summed E-state index contributed by atoms with van der Waals surface area (Å²) >= 11 is 0. The van der Waals surface area contributed by atoms with E-state index in [2.05, 4.69) is 4.90 Å². The van der Waals surface area contributed by atoms with Crippen LogP contribution in [0.15, 0.2) is 36.4 Å². The number of halogens is 3. The third-order valence-corrected chi connectivity index (χ3v) is 8.26. The van der Waals surface area contributed by atoms with Crippen molar-refractivity contribution in [2.24, 2.45) is 11.7 Å². The molecule has 1 unspecified atom stereocenters. The number of primary amides is 1. The molecule has 0 spiro atoms. The number of benzene rings is 2. The highest BCUT2D eigenvalue weighted by molar-refractivity contribution is 5.98. The maximum absolute atomic E-state index is 15.0. The first kappa shape index (κ1) is 28.9. The molecule has 2 aliphatic heterocycles. The molecule has 0 aliphatic carbocycles. The number of carbonyl (C=O) groups is 2. The van der Waals surface area contributed by atoms with Crippen molar-refractivity contribution >= 4 is 11.8 Å². The van der Waals surface area contributed by atoms with Gasteiger partial charge in [-0.05, 0) is 87.4 Å². The summed E-state index contributed by atoms with van der Waals surface area (Å²) in [7, 11) is 0. The molecule has 212 valence electrons. The van der Waals surface area contributed by atoms with Crippen LogP contribution in [0.25, 0.3) is 11.1 Å². The van der Waals surface area contributed by atoms with Gasteiger partial charge in [0.05, 0.1) is 6.61 Å². The first-order chi connectivity index (χ1) is 18.6. The van der Waals surface area contributed by atoms with E-state index in [-0.39, 0.29) is 22.8 Å². The highest BCUT2D eigenvalue weighted by Crippen LogP contribution is 2.31. The first-order valence-corrected chi connectivity index (χ1v) is 13.9. The zero-order chi connectivity index (χ0) is 28.2. The van der Waals surface area contributed by atoms with Crippen LogP contribution in [0.1, 0.15) is 62.7 Å². The Morgan fingerprint density at radius 3 is 2.33 bits per heavy atom. The average molecular weight is 546 g/mol. The van der Waals surface area contributed by atoms with Gasteiger partial charge in [0.1, 0.15) is 17.5 Å². The summed E-state index contributed by atoms with van der Waals surface area (Å²) in [6.45, 7) is 6.54. The molecule has 2 saturated heterocycles. The van der Waals surface area contributed by atoms with Crippen molar-refractivity contribution in [1.29, 1.82) is 0 Å². The number of piperidine rings is 1. The maximum atomic E-state index is 15.0. The van der Waals surface area contributed by atoms with Gasteiger partial charge in [-0.2, -0.15) is 0 Å². The Hall–Kier alpha value is -3.07. The summed E-state index contributed by atoms with van der Waals surface area (Å²) in [5, 5.41) is 0. The Morgan fingerprint density at radius 2 is 1.72 bits per heavy atom. The minimum absolute atomic E-state index is 0.0969. The molecule has 2 aromatic carbocycles. The van der Waals surface area contributed by atoms with Gasteiger partial charge in [-0.25, -0.2) is 13.2 Å². The molecule has 4 rings (SSSR count). The molecule has 2 fully saturated rings. The first-order valence-electron chi connectivity index (χ1n) is 13.9. The van der Waals surface area contributed by atoms with Crippen LogP contribution in [-0.2, 0) is 4.79 Å². The van der Waals surface area contributed by atoms with Crippen LogP contribution in [0.2, 0.25) is 0 Å². The molecule has 2 aromatic rings. The Bertz CT molecular complexity index is 1180. The third-order valence-electron chi connectivity index (χ3n) is 8.26. The number of carbonyl (C=O) groups excluding carboxylic acids is 2. The summed E-state index contributed by atoms with van der Waals surface area (Å²) < 4.78 is 50.4. The van der Waals surface area contributed by atoms with E-state index in [1.165, 1.54) is 29.2 Å². The van der Waals surface area contributed by atoms with E-state index < -0.39 is 35.2 Å². The number of nitrogens with two attached hydrogens (primary N) is 1. The Kier molecular flexibility index (Phi) is 9.20. The molecule has 2 amide bonds. The lowest BCUT2D eigenvalue weighted by Gasteiger charge is -2.36. The number of rotatable bonds is 10. The van der Waals surface area contributed by atoms with Crippen molar-refractivity contribution in [3.63, 3.8) is 0 Å². The Balaban J connectivity index is 1.34. The molecule has 0 aromatic heterocycles. The fraction of sp³-hybridized carbons (Fsp3) is 0.533. The topological polar surface area (TPSA) is 75.9 Å². The molecule has 6 nitrogen and oxygen atoms in total. The molecule has 1 atom stereocenters. The second-order valence-electron chi connectivity index (χ2n) is 10.8. The number of likely N-dealkylation sites (tertiary alicyclic amines) is 2. The predicted octanol–water partition coefficient (Wildman–Crippen LogP) is 5.34. The number of amides is 2. The SMILES string of the molecule is CCC(F)(CC)CN1CCC(COc2ccc(-c3ccc(C(=O)N4CCCC4C(N)=O)cc3F)cc2F)CC1. The molecule has 0 saturated carbocycles. The van der Waals surface area contributed by atoms with Crippen LogP contribution >= 0.6 is 0 Å². The van der Waals surface area contributed by atoms with Gasteiger partial charge in [0.25, 0.3) is 5.91 Å². The molecule has 2 aliphatic rings. The summed E-state index contributed by atoms with van der Waals surface area (Å²) in [6.07, 6.45) is 3.87. The highest BCUT2D eigenvalue weighted by Gasteiger charge is 2.33. The van der Waals surface area contributed by atoms with E-state index in [1.54, 1.807) is 6.07 Å². The van der Waals surface area contributed by atoms with Crippen LogP contribution in [0.4, 0.5) is 13.2 Å². The van der Waals surface area contributed by atoms with Gasteiger partial charge in [-0.1, -0.05) is 26.0 Å². The van der Waals surface area contributed by atoms with E-state index in [0.29, 0.717) is 50.9 Å². The minimum atomic E-state index is -1.15. The largest absolute Gasteiger partial charge is 0.490 e. The van der Waals surface area contributed by atoms with Crippen molar-refractivity contribution in [1.82, 2.24) is 9.80 Å². The van der Waals surface area contributed by atoms with Crippen LogP contribution in [0, 0.1) is 17.6 Å². The zero-order valence-corrected chi connectivity index (χ0v) is 22.7. The Labute approximate surface area is 228 Å². The minimum Gasteiger partial charge on any atom is -0.490 e. The van der Waals surface area contributed by atoms with Gasteiger partial charge < -0.3 is 20.3 Å². The quantitative estimate of drug-likeness (QED) is 0.437. The smallest absolute Gasteiger partial charge is 0.254 e. The number of hydrogen-bond donors (Lipinski definition) is 1. The monoisotopic (exact) mass is 545 g/mol. The average Bonchev–Trinajstić information content (AvgIpc) is 3.43. The van der Waals surface area contributed by atoms with Gasteiger partial charge in [-0.15, -0.1) is 0 Å². The molecule has 2 N–H and O–H groups in total. The summed E-state index contributed by atoms with van der Waals surface area (Å²) in [4.78, 5) is 28.0. The van der Waals surface area contributed by atoms with Crippen molar-refractivity contribution in [2.45, 2.75) is 64.1 Å². The molecular formula is C30H38F3N3O3. The van der Waals surface area contributed by atoms with Crippen LogP contribution < -0.4 is 10.5 Å². The second-order valence-corrected chi connectivity index (χ2v) is 10.8. The standard InChI is InChI=1S/C30H38F3N3O3/c1-3-30(33,4-2)19-35-14-11-20(12-15-35)18-39-27-10-8-21(16-25(27)32)23-9-7-22(17-24(23)31)29(38)36-13-5-6-26(36)28(34)37/h7-10,16-17,20,26H,3-6,11-15,18-19H2,1-2H3,(H2,34,37). The van der Waals surface area contributed by atoms with Gasteiger partial charge in [0.15, 0.2) is 11.6 Å². The fourth-order valence-corrected chi connectivity index (χ4v) is 5.53. The van der Waals surface area contributed by atoms with Crippen LogP contribution in [0.3, 0.4) is 0 Å². The molecule has 39 heavy (non-hydrogen) atoms. The lowest BCUT2D eigenvalue weighted by atomic mass is 9.94. The van der Waals surface area contributed by atoms with Gasteiger partial charge >= 0.3 is 0 Å². The summed E-state index contributed by atoms with van der Waals surface area (Å²) in [6, 6.07) is 7.62. The Morgan fingerprint density at radius 1 is 1.00 bits per heavy atom. The molecule has 0 radical (unpaired) electrons. The molecule has 2 heterocycles. The summed E-state index contributed by atoms with van der Waals surface area (Å²) in [5.41, 5.74) is 4.83. The molecule has 9 heteroatoms. The van der Waals surface area contributed by atoms with Crippen LogP contribution in [-0.4, -0.2) is 66.1 Å².